The first-order valence-corrected chi connectivity index (χ1v) is 6.82. The van der Waals surface area contributed by atoms with E-state index in [-0.39, 0.29) is 24.4 Å². The lowest BCUT2D eigenvalue weighted by atomic mass is 10.2. The Bertz CT molecular complexity index is 263. The van der Waals surface area contributed by atoms with Gasteiger partial charge in [0.1, 0.15) is 12.7 Å². The molecular weight excluding hydrogens is 256 g/mol. The first-order valence-electron chi connectivity index (χ1n) is 6.28. The molecule has 1 N–H and O–H groups in total. The number of rotatable bonds is 4. The predicted molar refractivity (Wildman–Crippen MR) is 71.1 cm³/mol. The van der Waals surface area contributed by atoms with Crippen LogP contribution in [0.4, 0.5) is 4.79 Å². The van der Waals surface area contributed by atoms with Crippen molar-refractivity contribution in [2.45, 2.75) is 32.5 Å². The molecule has 0 radical (unpaired) electrons. The SMILES string of the molecule is CC(C)(C)OC(CCl)COC(=O)N1CCNCC1. The lowest BCUT2D eigenvalue weighted by Crippen LogP contribution is -2.47. The number of nitrogens with one attached hydrogen (secondary N) is 1. The highest BCUT2D eigenvalue weighted by Crippen LogP contribution is 2.12. The summed E-state index contributed by atoms with van der Waals surface area (Å²) in [6.07, 6.45) is -0.553. The molecular formula is C12H23ClN2O3. The van der Waals surface area contributed by atoms with Crippen LogP contribution in [0.25, 0.3) is 0 Å². The third kappa shape index (κ3) is 5.89. The maximum absolute atomic E-state index is 11.8. The van der Waals surface area contributed by atoms with E-state index in [4.69, 9.17) is 21.1 Å². The summed E-state index contributed by atoms with van der Waals surface area (Å²) in [4.78, 5) is 13.5. The van der Waals surface area contributed by atoms with Crippen LogP contribution in [0.3, 0.4) is 0 Å². The number of alkyl halides is 1. The summed E-state index contributed by atoms with van der Waals surface area (Å²) in [7, 11) is 0. The van der Waals surface area contributed by atoms with Crippen LogP contribution in [0.1, 0.15) is 20.8 Å². The van der Waals surface area contributed by atoms with E-state index in [1.54, 1.807) is 4.90 Å². The van der Waals surface area contributed by atoms with Gasteiger partial charge in [0.05, 0.1) is 11.5 Å². The number of carbonyl (C=O) groups is 1. The monoisotopic (exact) mass is 278 g/mol. The highest BCUT2D eigenvalue weighted by molar-refractivity contribution is 6.18. The fourth-order valence-corrected chi connectivity index (χ4v) is 1.87. The van der Waals surface area contributed by atoms with Crippen molar-refractivity contribution in [3.63, 3.8) is 0 Å². The first kappa shape index (κ1) is 15.5. The van der Waals surface area contributed by atoms with E-state index in [0.29, 0.717) is 19.0 Å². The van der Waals surface area contributed by atoms with Crippen LogP contribution in [0.15, 0.2) is 0 Å². The third-order valence-electron chi connectivity index (χ3n) is 2.46. The van der Waals surface area contributed by atoms with Gasteiger partial charge in [-0.1, -0.05) is 0 Å². The second-order valence-electron chi connectivity index (χ2n) is 5.32. The molecule has 5 nitrogen and oxygen atoms in total. The lowest BCUT2D eigenvalue weighted by Gasteiger charge is -2.29. The van der Waals surface area contributed by atoms with Gasteiger partial charge in [-0.25, -0.2) is 4.79 Å². The van der Waals surface area contributed by atoms with Crippen LogP contribution in [0.2, 0.25) is 0 Å². The predicted octanol–water partition coefficient (Wildman–Crippen LogP) is 1.45. The average Bonchev–Trinajstić information content (AvgIpc) is 2.33. The Balaban J connectivity index is 2.30. The van der Waals surface area contributed by atoms with Gasteiger partial charge in [-0.2, -0.15) is 0 Å². The number of halogens is 1. The number of piperazine rings is 1. The average molecular weight is 279 g/mol. The molecule has 1 aliphatic rings. The quantitative estimate of drug-likeness (QED) is 0.791. The number of nitrogens with zero attached hydrogens (tertiary/aromatic N) is 1. The molecule has 1 atom stereocenters. The molecule has 1 aliphatic heterocycles. The highest BCUT2D eigenvalue weighted by Gasteiger charge is 2.22. The zero-order valence-electron chi connectivity index (χ0n) is 11.4. The second-order valence-corrected chi connectivity index (χ2v) is 5.63. The van der Waals surface area contributed by atoms with Crippen molar-refractivity contribution < 1.29 is 14.3 Å². The van der Waals surface area contributed by atoms with Gasteiger partial charge in [0.15, 0.2) is 0 Å². The fraction of sp³-hybridized carbons (Fsp3) is 0.917. The minimum Gasteiger partial charge on any atom is -0.447 e. The molecule has 1 heterocycles. The van der Waals surface area contributed by atoms with Crippen LogP contribution in [0.5, 0.6) is 0 Å². The van der Waals surface area contributed by atoms with Crippen molar-refractivity contribution in [2.75, 3.05) is 38.7 Å². The molecule has 0 spiro atoms. The molecule has 6 heteroatoms. The Morgan fingerprint density at radius 3 is 2.50 bits per heavy atom. The summed E-state index contributed by atoms with van der Waals surface area (Å²) in [6.45, 7) is 9.04. The first-order chi connectivity index (χ1) is 8.42. The molecule has 0 saturated carbocycles. The highest BCUT2D eigenvalue weighted by atomic mass is 35.5. The van der Waals surface area contributed by atoms with Gasteiger partial charge in [-0.15, -0.1) is 11.6 Å². The number of hydrogen-bond donors (Lipinski definition) is 1. The van der Waals surface area contributed by atoms with Gasteiger partial charge < -0.3 is 19.7 Å². The van der Waals surface area contributed by atoms with Gasteiger partial charge in [-0.05, 0) is 20.8 Å². The van der Waals surface area contributed by atoms with Crippen molar-refractivity contribution in [1.82, 2.24) is 10.2 Å². The maximum Gasteiger partial charge on any atom is 0.409 e. The Morgan fingerprint density at radius 2 is 2.00 bits per heavy atom. The molecule has 0 bridgehead atoms. The van der Waals surface area contributed by atoms with Gasteiger partial charge in [-0.3, -0.25) is 0 Å². The molecule has 1 saturated heterocycles. The molecule has 1 unspecified atom stereocenters. The van der Waals surface area contributed by atoms with E-state index in [9.17, 15) is 4.79 Å². The van der Waals surface area contributed by atoms with Gasteiger partial charge in [0.25, 0.3) is 0 Å². The second kappa shape index (κ2) is 7.16. The summed E-state index contributed by atoms with van der Waals surface area (Å²) >= 11 is 5.80. The van der Waals surface area contributed by atoms with E-state index in [1.807, 2.05) is 20.8 Å². The van der Waals surface area contributed by atoms with Crippen molar-refractivity contribution in [3.8, 4) is 0 Å². The van der Waals surface area contributed by atoms with Gasteiger partial charge >= 0.3 is 6.09 Å². The Morgan fingerprint density at radius 1 is 1.39 bits per heavy atom. The Kier molecular flexibility index (Phi) is 6.18. The molecule has 1 fully saturated rings. The number of carbonyl (C=O) groups excluding carboxylic acids is 1. The van der Waals surface area contributed by atoms with Crippen LogP contribution < -0.4 is 5.32 Å². The zero-order chi connectivity index (χ0) is 13.6. The summed E-state index contributed by atoms with van der Waals surface area (Å²) in [6, 6.07) is 0. The number of ether oxygens (including phenoxy) is 2. The standard InChI is InChI=1S/C12H23ClN2O3/c1-12(2,3)18-10(8-13)9-17-11(16)15-6-4-14-5-7-15/h10,14H,4-9H2,1-3H3. The molecule has 1 amide bonds. The summed E-state index contributed by atoms with van der Waals surface area (Å²) in [5, 5.41) is 3.18. The van der Waals surface area contributed by atoms with Crippen molar-refractivity contribution in [1.29, 1.82) is 0 Å². The Labute approximate surface area is 114 Å². The summed E-state index contributed by atoms with van der Waals surface area (Å²) < 4.78 is 10.9. The molecule has 0 aromatic heterocycles. The number of hydrogen-bond acceptors (Lipinski definition) is 4. The molecule has 1 rings (SSSR count). The minimum atomic E-state index is -0.291. The van der Waals surface area contributed by atoms with E-state index >= 15 is 0 Å². The molecule has 18 heavy (non-hydrogen) atoms. The van der Waals surface area contributed by atoms with E-state index in [2.05, 4.69) is 5.32 Å². The van der Waals surface area contributed by atoms with E-state index < -0.39 is 0 Å². The van der Waals surface area contributed by atoms with Crippen LogP contribution in [-0.4, -0.2) is 61.4 Å². The topological polar surface area (TPSA) is 50.8 Å². The summed E-state index contributed by atoms with van der Waals surface area (Å²) in [5.74, 6) is 0.312. The smallest absolute Gasteiger partial charge is 0.409 e. The molecule has 0 aliphatic carbocycles. The Hall–Kier alpha value is -0.520. The zero-order valence-corrected chi connectivity index (χ0v) is 12.1. The van der Waals surface area contributed by atoms with Crippen molar-refractivity contribution in [2.24, 2.45) is 0 Å². The molecule has 106 valence electrons. The fourth-order valence-electron chi connectivity index (χ4n) is 1.71. The maximum atomic E-state index is 11.8. The van der Waals surface area contributed by atoms with E-state index in [0.717, 1.165) is 13.1 Å². The van der Waals surface area contributed by atoms with Gasteiger partial charge in [0.2, 0.25) is 0 Å². The van der Waals surface area contributed by atoms with Gasteiger partial charge in [0, 0.05) is 26.2 Å². The molecule has 0 aromatic rings. The van der Waals surface area contributed by atoms with Crippen LogP contribution >= 0.6 is 11.6 Å². The van der Waals surface area contributed by atoms with Crippen molar-refractivity contribution in [3.05, 3.63) is 0 Å². The normalized spacial score (nSPS) is 18.6. The largest absolute Gasteiger partial charge is 0.447 e. The third-order valence-corrected chi connectivity index (χ3v) is 2.80. The minimum absolute atomic E-state index is 0.198. The van der Waals surface area contributed by atoms with Crippen molar-refractivity contribution >= 4 is 17.7 Å². The lowest BCUT2D eigenvalue weighted by molar-refractivity contribution is -0.0739. The number of amides is 1. The van der Waals surface area contributed by atoms with E-state index in [1.165, 1.54) is 0 Å². The molecule has 0 aromatic carbocycles. The summed E-state index contributed by atoms with van der Waals surface area (Å²) in [5.41, 5.74) is -0.291. The van der Waals surface area contributed by atoms with Crippen LogP contribution in [-0.2, 0) is 9.47 Å². The van der Waals surface area contributed by atoms with Crippen LogP contribution in [0, 0.1) is 0 Å².